The average molecular weight is 389 g/mol. The highest BCUT2D eigenvalue weighted by molar-refractivity contribution is 5.94. The Morgan fingerprint density at radius 3 is 3.00 bits per heavy atom. The second-order valence-electron chi connectivity index (χ2n) is 7.70. The number of nitrogens with one attached hydrogen (secondary N) is 1. The second-order valence-corrected chi connectivity index (χ2v) is 7.70. The number of carbonyl (C=O) groups is 1. The van der Waals surface area contributed by atoms with Crippen molar-refractivity contribution in [3.05, 3.63) is 41.1 Å². The van der Waals surface area contributed by atoms with Crippen LogP contribution in [-0.2, 0) is 30.7 Å². The van der Waals surface area contributed by atoms with Gasteiger partial charge in [0.05, 0.1) is 25.2 Å². The smallest absolute Gasteiger partial charge is 0.274 e. The molecule has 0 bridgehead atoms. The van der Waals surface area contributed by atoms with Crippen LogP contribution in [0.25, 0.3) is 0 Å². The van der Waals surface area contributed by atoms with Crippen LogP contribution in [-0.4, -0.2) is 52.9 Å². The van der Waals surface area contributed by atoms with Crippen molar-refractivity contribution in [3.63, 3.8) is 0 Å². The van der Waals surface area contributed by atoms with Gasteiger partial charge in [-0.25, -0.2) is 0 Å². The molecule has 28 heavy (non-hydrogen) atoms. The molecule has 7 heteroatoms. The summed E-state index contributed by atoms with van der Waals surface area (Å²) in [4.78, 5) is 14.8. The number of carbonyl (C=O) groups excluding carboxylic acids is 1. The number of hydrogen-bond acceptors (Lipinski definition) is 5. The molecule has 1 aliphatic carbocycles. The van der Waals surface area contributed by atoms with Gasteiger partial charge in [0.2, 0.25) is 0 Å². The van der Waals surface area contributed by atoms with Gasteiger partial charge in [-0.1, -0.05) is 0 Å². The number of furan rings is 1. The van der Waals surface area contributed by atoms with E-state index in [-0.39, 0.29) is 12.0 Å². The van der Waals surface area contributed by atoms with Crippen LogP contribution < -0.4 is 5.32 Å². The van der Waals surface area contributed by atoms with Crippen molar-refractivity contribution in [2.75, 3.05) is 20.2 Å². The van der Waals surface area contributed by atoms with Crippen molar-refractivity contribution < 1.29 is 13.9 Å². The molecule has 154 valence electrons. The lowest BCUT2D eigenvalue weighted by molar-refractivity contribution is 0.0772. The van der Waals surface area contributed by atoms with Gasteiger partial charge in [0.15, 0.2) is 5.69 Å². The predicted molar refractivity (Wildman–Crippen MR) is 107 cm³/mol. The minimum atomic E-state index is -0.0339. The van der Waals surface area contributed by atoms with E-state index < -0.39 is 0 Å². The largest absolute Gasteiger partial charge is 0.472 e. The third-order valence-corrected chi connectivity index (χ3v) is 5.18. The minimum Gasteiger partial charge on any atom is -0.472 e. The van der Waals surface area contributed by atoms with Gasteiger partial charge in [0.1, 0.15) is 0 Å². The van der Waals surface area contributed by atoms with E-state index in [1.807, 2.05) is 31.6 Å². The highest BCUT2D eigenvalue weighted by Gasteiger charge is 2.30. The molecule has 0 aliphatic heterocycles. The SMILES string of the molecule is CCn1nc(C(=O)N(C)Cc2ccoc2)c2c1CC[C@H](NCCOC(C)C)C2. The van der Waals surface area contributed by atoms with Crippen molar-refractivity contribution in [3.8, 4) is 0 Å². The Kier molecular flexibility index (Phi) is 6.91. The lowest BCUT2D eigenvalue weighted by Gasteiger charge is -2.25. The first-order valence-corrected chi connectivity index (χ1v) is 10.2. The molecule has 3 rings (SSSR count). The van der Waals surface area contributed by atoms with Crippen molar-refractivity contribution >= 4 is 5.91 Å². The fourth-order valence-electron chi connectivity index (χ4n) is 3.76. The quantitative estimate of drug-likeness (QED) is 0.669. The summed E-state index contributed by atoms with van der Waals surface area (Å²) >= 11 is 0. The van der Waals surface area contributed by atoms with E-state index in [9.17, 15) is 4.79 Å². The van der Waals surface area contributed by atoms with Crippen molar-refractivity contribution in [1.82, 2.24) is 20.0 Å². The molecule has 0 saturated heterocycles. The third-order valence-electron chi connectivity index (χ3n) is 5.18. The summed E-state index contributed by atoms with van der Waals surface area (Å²) in [5.41, 5.74) is 3.87. The molecule has 1 atom stereocenters. The number of aromatic nitrogens is 2. The van der Waals surface area contributed by atoms with E-state index in [0.717, 1.165) is 43.5 Å². The van der Waals surface area contributed by atoms with E-state index in [0.29, 0.717) is 24.9 Å². The Bertz CT molecular complexity index is 767. The van der Waals surface area contributed by atoms with Gasteiger partial charge in [-0.3, -0.25) is 9.48 Å². The topological polar surface area (TPSA) is 72.5 Å². The standard InChI is InChI=1S/C21H32N4O3/c1-5-25-19-7-6-17(22-9-11-28-15(2)3)12-18(19)20(23-25)21(26)24(4)13-16-8-10-27-14-16/h8,10,14-15,17,22H,5-7,9,11-13H2,1-4H3/t17-/m0/s1. The van der Waals surface area contributed by atoms with Gasteiger partial charge in [0, 0.05) is 49.5 Å². The zero-order chi connectivity index (χ0) is 20.1. The van der Waals surface area contributed by atoms with Gasteiger partial charge in [-0.15, -0.1) is 0 Å². The molecular weight excluding hydrogens is 356 g/mol. The minimum absolute atomic E-state index is 0.0339. The van der Waals surface area contributed by atoms with Gasteiger partial charge < -0.3 is 19.4 Å². The zero-order valence-corrected chi connectivity index (χ0v) is 17.4. The molecule has 0 aromatic carbocycles. The van der Waals surface area contributed by atoms with Crippen LogP contribution >= 0.6 is 0 Å². The molecule has 0 spiro atoms. The van der Waals surface area contributed by atoms with Crippen LogP contribution in [0.3, 0.4) is 0 Å². The molecule has 0 unspecified atom stereocenters. The Balaban J connectivity index is 1.69. The fraction of sp³-hybridized carbons (Fsp3) is 0.619. The summed E-state index contributed by atoms with van der Waals surface area (Å²) in [6, 6.07) is 2.23. The number of rotatable bonds is 9. The Morgan fingerprint density at radius 1 is 1.50 bits per heavy atom. The van der Waals surface area contributed by atoms with E-state index in [1.165, 1.54) is 5.69 Å². The summed E-state index contributed by atoms with van der Waals surface area (Å²) in [6.07, 6.45) is 6.37. The first-order chi connectivity index (χ1) is 13.5. The fourth-order valence-corrected chi connectivity index (χ4v) is 3.76. The maximum absolute atomic E-state index is 13.1. The number of hydrogen-bond donors (Lipinski definition) is 1. The Labute approximate surface area is 167 Å². The van der Waals surface area contributed by atoms with Gasteiger partial charge in [-0.2, -0.15) is 5.10 Å². The lowest BCUT2D eigenvalue weighted by Crippen LogP contribution is -2.37. The maximum Gasteiger partial charge on any atom is 0.274 e. The summed E-state index contributed by atoms with van der Waals surface area (Å²) < 4.78 is 12.7. The van der Waals surface area contributed by atoms with Crippen molar-refractivity contribution in [2.24, 2.45) is 0 Å². The molecule has 1 aliphatic rings. The van der Waals surface area contributed by atoms with Crippen molar-refractivity contribution in [2.45, 2.75) is 65.3 Å². The molecule has 2 aromatic rings. The molecule has 7 nitrogen and oxygen atoms in total. The molecule has 2 heterocycles. The molecule has 2 aromatic heterocycles. The van der Waals surface area contributed by atoms with Gasteiger partial charge >= 0.3 is 0 Å². The average Bonchev–Trinajstić information content (AvgIpc) is 3.31. The highest BCUT2D eigenvalue weighted by atomic mass is 16.5. The van der Waals surface area contributed by atoms with Crippen molar-refractivity contribution in [1.29, 1.82) is 0 Å². The normalized spacial score (nSPS) is 16.4. The van der Waals surface area contributed by atoms with Crippen LogP contribution in [0.15, 0.2) is 23.0 Å². The molecule has 1 N–H and O–H groups in total. The van der Waals surface area contributed by atoms with Crippen LogP contribution in [0, 0.1) is 0 Å². The summed E-state index contributed by atoms with van der Waals surface area (Å²) in [5, 5.41) is 8.24. The maximum atomic E-state index is 13.1. The molecule has 0 radical (unpaired) electrons. The highest BCUT2D eigenvalue weighted by Crippen LogP contribution is 2.26. The number of fused-ring (bicyclic) bond motifs is 1. The third kappa shape index (κ3) is 4.83. The molecular formula is C21H32N4O3. The molecule has 0 saturated carbocycles. The molecule has 1 amide bonds. The lowest BCUT2D eigenvalue weighted by atomic mass is 9.91. The predicted octanol–water partition coefficient (Wildman–Crippen LogP) is 2.64. The zero-order valence-electron chi connectivity index (χ0n) is 17.4. The van der Waals surface area contributed by atoms with Crippen LogP contribution in [0.5, 0.6) is 0 Å². The number of amides is 1. The first kappa shape index (κ1) is 20.6. The van der Waals surface area contributed by atoms with Crippen LogP contribution in [0.1, 0.15) is 54.5 Å². The van der Waals surface area contributed by atoms with E-state index in [2.05, 4.69) is 17.3 Å². The summed E-state index contributed by atoms with van der Waals surface area (Å²) in [6.45, 7) is 8.98. The first-order valence-electron chi connectivity index (χ1n) is 10.2. The van der Waals surface area contributed by atoms with Crippen LogP contribution in [0.2, 0.25) is 0 Å². The summed E-state index contributed by atoms with van der Waals surface area (Å²) in [7, 11) is 1.81. The van der Waals surface area contributed by atoms with E-state index in [1.54, 1.807) is 17.4 Å². The summed E-state index contributed by atoms with van der Waals surface area (Å²) in [5.74, 6) is -0.0339. The van der Waals surface area contributed by atoms with Gasteiger partial charge in [-0.05, 0) is 46.1 Å². The number of aryl methyl sites for hydroxylation is 1. The van der Waals surface area contributed by atoms with E-state index in [4.69, 9.17) is 9.15 Å². The molecule has 0 fully saturated rings. The second kappa shape index (κ2) is 9.39. The Hall–Kier alpha value is -2.12. The van der Waals surface area contributed by atoms with E-state index >= 15 is 0 Å². The van der Waals surface area contributed by atoms with Gasteiger partial charge in [0.25, 0.3) is 5.91 Å². The Morgan fingerprint density at radius 2 is 2.32 bits per heavy atom. The monoisotopic (exact) mass is 388 g/mol. The van der Waals surface area contributed by atoms with Crippen LogP contribution in [0.4, 0.5) is 0 Å². The number of ether oxygens (including phenoxy) is 1. The number of nitrogens with zero attached hydrogens (tertiary/aromatic N) is 3.